The lowest BCUT2D eigenvalue weighted by molar-refractivity contribution is -0.145. The number of ether oxygens (including phenoxy) is 2. The molecule has 1 atom stereocenters. The van der Waals surface area contributed by atoms with Crippen molar-refractivity contribution in [2.24, 2.45) is 0 Å². The van der Waals surface area contributed by atoms with Crippen LogP contribution in [0.25, 0.3) is 5.69 Å². The molecule has 2 N–H and O–H groups in total. The zero-order chi connectivity index (χ0) is 20.8. The third kappa shape index (κ3) is 4.47. The van der Waals surface area contributed by atoms with E-state index < -0.39 is 17.9 Å². The standard InChI is InChI=1S/C21H27NO6/c1-5-7-12-27-21(26)17(6-2)18-13(3)19(24)22(20(18)25)15-8-10-16(11-9-15)28-14(4)23/h8-11,17,24-25H,5-7,12H2,1-4H3. The molecule has 0 amide bonds. The molecule has 1 aromatic heterocycles. The van der Waals surface area contributed by atoms with Crippen LogP contribution >= 0.6 is 0 Å². The van der Waals surface area contributed by atoms with E-state index >= 15 is 0 Å². The van der Waals surface area contributed by atoms with E-state index in [1.165, 1.54) is 11.5 Å². The van der Waals surface area contributed by atoms with Crippen molar-refractivity contribution >= 4 is 11.9 Å². The number of carbonyl (C=O) groups is 2. The summed E-state index contributed by atoms with van der Waals surface area (Å²) in [6.45, 7) is 7.11. The van der Waals surface area contributed by atoms with Crippen molar-refractivity contribution in [1.82, 2.24) is 4.57 Å². The summed E-state index contributed by atoms with van der Waals surface area (Å²) in [5, 5.41) is 21.4. The number of hydrogen-bond acceptors (Lipinski definition) is 6. The van der Waals surface area contributed by atoms with E-state index in [2.05, 4.69) is 0 Å². The quantitative estimate of drug-likeness (QED) is 0.403. The molecule has 152 valence electrons. The molecule has 0 spiro atoms. The van der Waals surface area contributed by atoms with Crippen molar-refractivity contribution in [2.45, 2.75) is 52.9 Å². The number of hydrogen-bond donors (Lipinski definition) is 2. The summed E-state index contributed by atoms with van der Waals surface area (Å²) in [5.74, 6) is -1.56. The van der Waals surface area contributed by atoms with Crippen LogP contribution in [0.3, 0.4) is 0 Å². The van der Waals surface area contributed by atoms with Crippen LogP contribution in [0.4, 0.5) is 0 Å². The second-order valence-corrected chi connectivity index (χ2v) is 6.59. The van der Waals surface area contributed by atoms with Crippen LogP contribution in [0.2, 0.25) is 0 Å². The van der Waals surface area contributed by atoms with Crippen LogP contribution in [0, 0.1) is 6.92 Å². The number of esters is 2. The van der Waals surface area contributed by atoms with E-state index in [0.29, 0.717) is 35.6 Å². The van der Waals surface area contributed by atoms with Crippen molar-refractivity contribution in [3.63, 3.8) is 0 Å². The Morgan fingerprint density at radius 1 is 1.11 bits per heavy atom. The molecule has 0 aliphatic rings. The fourth-order valence-corrected chi connectivity index (χ4v) is 3.07. The molecule has 1 unspecified atom stereocenters. The summed E-state index contributed by atoms with van der Waals surface area (Å²) in [6, 6.07) is 6.31. The maximum absolute atomic E-state index is 12.5. The molecule has 28 heavy (non-hydrogen) atoms. The Hall–Kier alpha value is -2.96. The van der Waals surface area contributed by atoms with Gasteiger partial charge < -0.3 is 19.7 Å². The number of carbonyl (C=O) groups excluding carboxylic acids is 2. The second-order valence-electron chi connectivity index (χ2n) is 6.59. The fraction of sp³-hybridized carbons (Fsp3) is 0.429. The predicted molar refractivity (Wildman–Crippen MR) is 104 cm³/mol. The van der Waals surface area contributed by atoms with Crippen LogP contribution in [0.1, 0.15) is 57.1 Å². The van der Waals surface area contributed by atoms with Crippen molar-refractivity contribution < 1.29 is 29.3 Å². The van der Waals surface area contributed by atoms with Gasteiger partial charge in [0.15, 0.2) is 0 Å². The van der Waals surface area contributed by atoms with Crippen LogP contribution in [0.5, 0.6) is 17.5 Å². The predicted octanol–water partition coefficient (Wildman–Crippen LogP) is 3.96. The van der Waals surface area contributed by atoms with E-state index in [1.807, 2.05) is 13.8 Å². The van der Waals surface area contributed by atoms with Gasteiger partial charge in [0.05, 0.1) is 18.2 Å². The number of unbranched alkanes of at least 4 members (excludes halogenated alkanes) is 1. The Morgan fingerprint density at radius 2 is 1.75 bits per heavy atom. The van der Waals surface area contributed by atoms with Gasteiger partial charge in [0, 0.05) is 18.1 Å². The largest absolute Gasteiger partial charge is 0.494 e. The van der Waals surface area contributed by atoms with Gasteiger partial charge in [-0.3, -0.25) is 14.2 Å². The van der Waals surface area contributed by atoms with Crippen molar-refractivity contribution in [1.29, 1.82) is 0 Å². The van der Waals surface area contributed by atoms with Gasteiger partial charge in [0.25, 0.3) is 0 Å². The lowest BCUT2D eigenvalue weighted by Gasteiger charge is -2.15. The Balaban J connectivity index is 2.39. The van der Waals surface area contributed by atoms with Crippen LogP contribution in [0.15, 0.2) is 24.3 Å². The number of aromatic hydroxyl groups is 2. The van der Waals surface area contributed by atoms with Crippen LogP contribution in [-0.2, 0) is 14.3 Å². The maximum Gasteiger partial charge on any atom is 0.313 e. The van der Waals surface area contributed by atoms with E-state index in [0.717, 1.165) is 12.8 Å². The molecule has 0 bridgehead atoms. The minimum absolute atomic E-state index is 0.160. The first-order valence-corrected chi connectivity index (χ1v) is 9.40. The second kappa shape index (κ2) is 9.30. The molecule has 0 aliphatic carbocycles. The molecule has 0 aliphatic heterocycles. The first-order valence-electron chi connectivity index (χ1n) is 9.40. The highest BCUT2D eigenvalue weighted by molar-refractivity contribution is 5.80. The fourth-order valence-electron chi connectivity index (χ4n) is 3.07. The molecule has 7 nitrogen and oxygen atoms in total. The maximum atomic E-state index is 12.5. The van der Waals surface area contributed by atoms with Gasteiger partial charge in [-0.2, -0.15) is 0 Å². The normalized spacial score (nSPS) is 11.9. The molecular weight excluding hydrogens is 362 g/mol. The molecule has 2 rings (SSSR count). The molecule has 7 heteroatoms. The average Bonchev–Trinajstić information content (AvgIpc) is 2.87. The van der Waals surface area contributed by atoms with Gasteiger partial charge in [-0.1, -0.05) is 20.3 Å². The van der Waals surface area contributed by atoms with Crippen molar-refractivity contribution in [2.75, 3.05) is 6.61 Å². The number of nitrogens with zero attached hydrogens (tertiary/aromatic N) is 1. The smallest absolute Gasteiger partial charge is 0.313 e. The molecule has 2 aromatic rings. The topological polar surface area (TPSA) is 98.0 Å². The number of benzene rings is 1. The minimum Gasteiger partial charge on any atom is -0.494 e. The van der Waals surface area contributed by atoms with E-state index in [-0.39, 0.29) is 11.8 Å². The zero-order valence-corrected chi connectivity index (χ0v) is 16.7. The minimum atomic E-state index is -0.677. The van der Waals surface area contributed by atoms with Gasteiger partial charge in [-0.25, -0.2) is 0 Å². The molecule has 0 saturated heterocycles. The highest BCUT2D eigenvalue weighted by Gasteiger charge is 2.31. The highest BCUT2D eigenvalue weighted by Crippen LogP contribution is 2.42. The summed E-state index contributed by atoms with van der Waals surface area (Å²) in [7, 11) is 0. The van der Waals surface area contributed by atoms with Gasteiger partial charge in [0.2, 0.25) is 11.8 Å². The molecule has 0 fully saturated rings. The summed E-state index contributed by atoms with van der Waals surface area (Å²) < 4.78 is 11.6. The van der Waals surface area contributed by atoms with Gasteiger partial charge in [-0.15, -0.1) is 0 Å². The molecule has 0 radical (unpaired) electrons. The summed E-state index contributed by atoms with van der Waals surface area (Å²) in [5.41, 5.74) is 1.24. The Labute approximate surface area is 164 Å². The third-order valence-electron chi connectivity index (χ3n) is 4.54. The molecule has 1 heterocycles. The third-order valence-corrected chi connectivity index (χ3v) is 4.54. The average molecular weight is 389 g/mol. The summed E-state index contributed by atoms with van der Waals surface area (Å²) in [6.07, 6.45) is 2.11. The Bertz CT molecular complexity index is 838. The Morgan fingerprint density at radius 3 is 2.29 bits per heavy atom. The lowest BCUT2D eigenvalue weighted by atomic mass is 9.95. The van der Waals surface area contributed by atoms with Crippen LogP contribution in [-0.4, -0.2) is 33.3 Å². The molecular formula is C21H27NO6. The SMILES string of the molecule is CCCCOC(=O)C(CC)c1c(C)c(O)n(-c2ccc(OC(C)=O)cc2)c1O. The molecule has 0 saturated carbocycles. The first kappa shape index (κ1) is 21.3. The van der Waals surface area contributed by atoms with Gasteiger partial charge >= 0.3 is 11.9 Å². The van der Waals surface area contributed by atoms with E-state index in [1.54, 1.807) is 31.2 Å². The van der Waals surface area contributed by atoms with Gasteiger partial charge in [0.1, 0.15) is 5.75 Å². The zero-order valence-electron chi connectivity index (χ0n) is 16.7. The monoisotopic (exact) mass is 389 g/mol. The van der Waals surface area contributed by atoms with Gasteiger partial charge in [-0.05, 0) is 44.0 Å². The van der Waals surface area contributed by atoms with Crippen molar-refractivity contribution in [3.8, 4) is 23.2 Å². The summed E-state index contributed by atoms with van der Waals surface area (Å²) >= 11 is 0. The Kier molecular flexibility index (Phi) is 7.09. The summed E-state index contributed by atoms with van der Waals surface area (Å²) in [4.78, 5) is 23.5. The van der Waals surface area contributed by atoms with E-state index in [9.17, 15) is 19.8 Å². The highest BCUT2D eigenvalue weighted by atomic mass is 16.5. The molecule has 1 aromatic carbocycles. The number of aromatic nitrogens is 1. The first-order chi connectivity index (χ1) is 13.3. The van der Waals surface area contributed by atoms with Crippen LogP contribution < -0.4 is 4.74 Å². The van der Waals surface area contributed by atoms with E-state index in [4.69, 9.17) is 9.47 Å². The van der Waals surface area contributed by atoms with Crippen molar-refractivity contribution in [3.05, 3.63) is 35.4 Å². The number of rotatable bonds is 8. The lowest BCUT2D eigenvalue weighted by Crippen LogP contribution is -2.16.